The molecule has 1 aliphatic heterocycles. The van der Waals surface area contributed by atoms with Crippen LogP contribution in [0.4, 0.5) is 0 Å². The molecule has 2 N–H and O–H groups in total. The van der Waals surface area contributed by atoms with Crippen molar-refractivity contribution >= 4 is 5.97 Å². The summed E-state index contributed by atoms with van der Waals surface area (Å²) in [6.07, 6.45) is 0.747. The first-order valence-corrected chi connectivity index (χ1v) is 5.33. The first-order chi connectivity index (χ1) is 6.89. The molecule has 2 unspecified atom stereocenters. The minimum Gasteiger partial charge on any atom is -0.458 e. The third-order valence-corrected chi connectivity index (χ3v) is 3.59. The Morgan fingerprint density at radius 3 is 2.47 bits per heavy atom. The van der Waals surface area contributed by atoms with Gasteiger partial charge in [-0.2, -0.15) is 0 Å². The third kappa shape index (κ3) is 1.88. The molecule has 0 aliphatic carbocycles. The van der Waals surface area contributed by atoms with Crippen LogP contribution in [0.1, 0.15) is 33.6 Å². The molecule has 1 aliphatic rings. The van der Waals surface area contributed by atoms with Gasteiger partial charge in [0.25, 0.3) is 0 Å². The van der Waals surface area contributed by atoms with Gasteiger partial charge in [0.2, 0.25) is 0 Å². The van der Waals surface area contributed by atoms with E-state index in [4.69, 9.17) is 9.84 Å². The fraction of sp³-hybridized carbons (Fsp3) is 0.909. The molecule has 2 atom stereocenters. The highest BCUT2D eigenvalue weighted by Gasteiger charge is 2.55. The topological polar surface area (TPSA) is 66.8 Å². The van der Waals surface area contributed by atoms with E-state index in [0.717, 1.165) is 0 Å². The summed E-state index contributed by atoms with van der Waals surface area (Å²) in [5.41, 5.74) is -1.26. The molecule has 0 saturated carbocycles. The van der Waals surface area contributed by atoms with Crippen molar-refractivity contribution in [2.75, 3.05) is 13.2 Å². The number of carbonyl (C=O) groups excluding carboxylic acids is 1. The molecule has 0 radical (unpaired) electrons. The highest BCUT2D eigenvalue weighted by Crippen LogP contribution is 2.47. The predicted molar refractivity (Wildman–Crippen MR) is 55.2 cm³/mol. The Morgan fingerprint density at radius 1 is 1.53 bits per heavy atom. The summed E-state index contributed by atoms with van der Waals surface area (Å²) in [7, 11) is 0. The Kier molecular flexibility index (Phi) is 3.41. The highest BCUT2D eigenvalue weighted by atomic mass is 16.6. The van der Waals surface area contributed by atoms with E-state index in [-0.39, 0.29) is 25.1 Å². The van der Waals surface area contributed by atoms with E-state index in [9.17, 15) is 9.90 Å². The van der Waals surface area contributed by atoms with E-state index in [2.05, 4.69) is 0 Å². The van der Waals surface area contributed by atoms with Gasteiger partial charge in [-0.05, 0) is 0 Å². The van der Waals surface area contributed by atoms with Crippen molar-refractivity contribution in [2.45, 2.75) is 39.2 Å². The second-order valence-electron chi connectivity index (χ2n) is 4.98. The van der Waals surface area contributed by atoms with Crippen LogP contribution < -0.4 is 0 Å². The van der Waals surface area contributed by atoms with Gasteiger partial charge in [-0.3, -0.25) is 4.79 Å². The van der Waals surface area contributed by atoms with Crippen molar-refractivity contribution < 1.29 is 19.7 Å². The van der Waals surface area contributed by atoms with Crippen LogP contribution in [0, 0.1) is 11.3 Å². The summed E-state index contributed by atoms with van der Waals surface area (Å²) in [6.45, 7) is 5.54. The number of hydrogen-bond acceptors (Lipinski definition) is 4. The van der Waals surface area contributed by atoms with Crippen molar-refractivity contribution in [1.82, 2.24) is 0 Å². The first-order valence-electron chi connectivity index (χ1n) is 5.33. The molecule has 1 fully saturated rings. The standard InChI is InChI=1S/C11H20O4/c1-8-6-9(14)15-11(8,4-5-12)10(2,3)7-13/h8,12-13H,4-7H2,1-3H3. The van der Waals surface area contributed by atoms with Crippen LogP contribution in [0.2, 0.25) is 0 Å². The number of aliphatic hydroxyl groups is 2. The van der Waals surface area contributed by atoms with Crippen LogP contribution in [0.5, 0.6) is 0 Å². The molecule has 1 saturated heterocycles. The Hall–Kier alpha value is -0.610. The van der Waals surface area contributed by atoms with Crippen LogP contribution in [0.15, 0.2) is 0 Å². The SMILES string of the molecule is CC1CC(=O)OC1(CCO)C(C)(C)CO. The second-order valence-corrected chi connectivity index (χ2v) is 4.98. The fourth-order valence-corrected chi connectivity index (χ4v) is 2.50. The molecule has 0 aromatic heterocycles. The molecular weight excluding hydrogens is 196 g/mol. The lowest BCUT2D eigenvalue weighted by Crippen LogP contribution is -2.51. The van der Waals surface area contributed by atoms with E-state index < -0.39 is 11.0 Å². The van der Waals surface area contributed by atoms with Gasteiger partial charge in [0.1, 0.15) is 5.60 Å². The zero-order valence-corrected chi connectivity index (χ0v) is 9.62. The Bertz CT molecular complexity index is 249. The van der Waals surface area contributed by atoms with Gasteiger partial charge < -0.3 is 14.9 Å². The molecule has 0 aromatic carbocycles. The summed E-state index contributed by atoms with van der Waals surface area (Å²) < 4.78 is 5.40. The summed E-state index contributed by atoms with van der Waals surface area (Å²) in [6, 6.07) is 0. The quantitative estimate of drug-likeness (QED) is 0.679. The molecule has 0 spiro atoms. The zero-order chi connectivity index (χ0) is 11.7. The molecule has 0 amide bonds. The number of aliphatic hydroxyl groups excluding tert-OH is 2. The lowest BCUT2D eigenvalue weighted by Gasteiger charge is -2.44. The molecule has 1 heterocycles. The lowest BCUT2D eigenvalue weighted by molar-refractivity contribution is -0.170. The maximum absolute atomic E-state index is 11.3. The molecule has 4 nitrogen and oxygen atoms in total. The zero-order valence-electron chi connectivity index (χ0n) is 9.62. The number of hydrogen-bond donors (Lipinski definition) is 2. The number of esters is 1. The largest absolute Gasteiger partial charge is 0.458 e. The minimum atomic E-state index is -0.729. The summed E-state index contributed by atoms with van der Waals surface area (Å²) in [4.78, 5) is 11.3. The average Bonchev–Trinajstić information content (AvgIpc) is 2.43. The van der Waals surface area contributed by atoms with Crippen molar-refractivity contribution in [3.63, 3.8) is 0 Å². The minimum absolute atomic E-state index is 0.0271. The van der Waals surface area contributed by atoms with E-state index in [1.165, 1.54) is 0 Å². The van der Waals surface area contributed by atoms with E-state index in [0.29, 0.717) is 12.8 Å². The van der Waals surface area contributed by atoms with Crippen molar-refractivity contribution in [3.8, 4) is 0 Å². The van der Waals surface area contributed by atoms with E-state index >= 15 is 0 Å². The first kappa shape index (κ1) is 12.5. The number of carbonyl (C=O) groups is 1. The molecule has 1 rings (SSSR count). The van der Waals surface area contributed by atoms with E-state index in [1.807, 2.05) is 20.8 Å². The monoisotopic (exact) mass is 216 g/mol. The summed E-state index contributed by atoms with van der Waals surface area (Å²) >= 11 is 0. The van der Waals surface area contributed by atoms with Crippen LogP contribution >= 0.6 is 0 Å². The molecule has 0 bridgehead atoms. The molecule has 0 aromatic rings. The fourth-order valence-electron chi connectivity index (χ4n) is 2.50. The van der Waals surface area contributed by atoms with Crippen molar-refractivity contribution in [1.29, 1.82) is 0 Å². The highest BCUT2D eigenvalue weighted by molar-refractivity contribution is 5.73. The van der Waals surface area contributed by atoms with Crippen molar-refractivity contribution in [2.24, 2.45) is 11.3 Å². The predicted octanol–water partition coefficient (Wildman–Crippen LogP) is 0.709. The van der Waals surface area contributed by atoms with Crippen molar-refractivity contribution in [3.05, 3.63) is 0 Å². The molecule has 4 heteroatoms. The van der Waals surface area contributed by atoms with Crippen LogP contribution in [0.3, 0.4) is 0 Å². The smallest absolute Gasteiger partial charge is 0.306 e. The second kappa shape index (κ2) is 4.10. The van der Waals surface area contributed by atoms with Crippen LogP contribution in [0.25, 0.3) is 0 Å². The number of cyclic esters (lactones) is 1. The lowest BCUT2D eigenvalue weighted by atomic mass is 9.67. The van der Waals surface area contributed by atoms with Gasteiger partial charge in [0.05, 0.1) is 13.0 Å². The van der Waals surface area contributed by atoms with Crippen LogP contribution in [-0.4, -0.2) is 35.0 Å². The van der Waals surface area contributed by atoms with Gasteiger partial charge in [0.15, 0.2) is 0 Å². The van der Waals surface area contributed by atoms with Gasteiger partial charge in [0, 0.05) is 24.4 Å². The summed E-state index contributed by atoms with van der Waals surface area (Å²) in [5.74, 6) is -0.211. The summed E-state index contributed by atoms with van der Waals surface area (Å²) in [5, 5.41) is 18.5. The molecule has 15 heavy (non-hydrogen) atoms. The van der Waals surface area contributed by atoms with Gasteiger partial charge in [-0.15, -0.1) is 0 Å². The van der Waals surface area contributed by atoms with Crippen LogP contribution in [-0.2, 0) is 9.53 Å². The van der Waals surface area contributed by atoms with Gasteiger partial charge in [-0.1, -0.05) is 20.8 Å². The third-order valence-electron chi connectivity index (χ3n) is 3.59. The molecular formula is C11H20O4. The normalized spacial score (nSPS) is 31.8. The van der Waals surface area contributed by atoms with E-state index in [1.54, 1.807) is 0 Å². The maximum Gasteiger partial charge on any atom is 0.306 e. The molecule has 88 valence electrons. The Morgan fingerprint density at radius 2 is 2.13 bits per heavy atom. The number of ether oxygens (including phenoxy) is 1. The maximum atomic E-state index is 11.3. The number of rotatable bonds is 4. The average molecular weight is 216 g/mol. The van der Waals surface area contributed by atoms with Gasteiger partial charge in [-0.25, -0.2) is 0 Å². The van der Waals surface area contributed by atoms with Gasteiger partial charge >= 0.3 is 5.97 Å². The Balaban J connectivity index is 3.03. The Labute approximate surface area is 90.2 Å².